The van der Waals surface area contributed by atoms with Gasteiger partial charge in [-0.3, -0.25) is 0 Å². The van der Waals surface area contributed by atoms with Gasteiger partial charge in [-0.25, -0.2) is 4.79 Å². The number of carbonyl (C=O) groups excluding carboxylic acids is 1. The van der Waals surface area contributed by atoms with E-state index in [-0.39, 0.29) is 16.3 Å². The van der Waals surface area contributed by atoms with Gasteiger partial charge in [-0.05, 0) is 70.6 Å². The Bertz CT molecular complexity index is 666. The van der Waals surface area contributed by atoms with E-state index in [1.807, 2.05) is 20.8 Å². The summed E-state index contributed by atoms with van der Waals surface area (Å²) in [5.41, 5.74) is -1.23. The molecule has 1 fully saturated rings. The highest BCUT2D eigenvalue weighted by Gasteiger charge is 2.33. The lowest BCUT2D eigenvalue weighted by Gasteiger charge is -2.33. The van der Waals surface area contributed by atoms with Gasteiger partial charge in [0.05, 0.1) is 12.2 Å². The summed E-state index contributed by atoms with van der Waals surface area (Å²) in [6.07, 6.45) is -1.21. The van der Waals surface area contributed by atoms with Crippen LogP contribution in [0.5, 0.6) is 5.75 Å². The Morgan fingerprint density at radius 1 is 1.21 bits per heavy atom. The van der Waals surface area contributed by atoms with E-state index >= 15 is 0 Å². The lowest BCUT2D eigenvalue weighted by molar-refractivity contribution is -0.138. The van der Waals surface area contributed by atoms with Gasteiger partial charge in [-0.2, -0.15) is 13.2 Å². The van der Waals surface area contributed by atoms with Crippen molar-refractivity contribution in [3.05, 3.63) is 28.2 Å². The van der Waals surface area contributed by atoms with Crippen LogP contribution in [0.25, 0.3) is 0 Å². The smallest absolute Gasteiger partial charge is 0.417 e. The maximum atomic E-state index is 12.9. The van der Waals surface area contributed by atoms with Crippen LogP contribution in [0.1, 0.15) is 52.0 Å². The molecular weight excluding hydrogens is 439 g/mol. The van der Waals surface area contributed by atoms with E-state index in [9.17, 15) is 18.0 Å². The maximum Gasteiger partial charge on any atom is 0.417 e. The number of amides is 1. The van der Waals surface area contributed by atoms with Crippen LogP contribution >= 0.6 is 15.9 Å². The van der Waals surface area contributed by atoms with Crippen molar-refractivity contribution in [2.75, 3.05) is 19.7 Å². The summed E-state index contributed by atoms with van der Waals surface area (Å²) < 4.78 is 49.6. The Morgan fingerprint density at radius 3 is 2.43 bits per heavy atom. The molecule has 0 unspecified atom stereocenters. The molecule has 0 bridgehead atoms. The Kier molecular flexibility index (Phi) is 7.65. The Hall–Kier alpha value is -1.44. The number of carbonyl (C=O) groups is 1. The molecule has 1 heterocycles. The van der Waals surface area contributed by atoms with Crippen molar-refractivity contribution in [3.8, 4) is 5.75 Å². The number of nitrogens with zero attached hydrogens (tertiary/aromatic N) is 1. The van der Waals surface area contributed by atoms with Gasteiger partial charge in [-0.15, -0.1) is 0 Å². The number of hydrogen-bond acceptors (Lipinski definition) is 3. The quantitative estimate of drug-likeness (QED) is 0.480. The minimum atomic E-state index is -4.42. The Labute approximate surface area is 172 Å². The van der Waals surface area contributed by atoms with Gasteiger partial charge in [0.15, 0.2) is 0 Å². The molecule has 0 N–H and O–H groups in total. The average molecular weight is 466 g/mol. The number of halogens is 4. The van der Waals surface area contributed by atoms with Crippen molar-refractivity contribution in [2.24, 2.45) is 5.92 Å². The third-order valence-corrected chi connectivity index (χ3v) is 5.23. The van der Waals surface area contributed by atoms with E-state index in [1.54, 1.807) is 4.90 Å². The zero-order valence-corrected chi connectivity index (χ0v) is 18.0. The maximum absolute atomic E-state index is 12.9. The van der Waals surface area contributed by atoms with Gasteiger partial charge >= 0.3 is 12.3 Å². The van der Waals surface area contributed by atoms with Crippen molar-refractivity contribution in [1.29, 1.82) is 0 Å². The van der Waals surface area contributed by atoms with E-state index in [1.165, 1.54) is 12.1 Å². The molecule has 158 valence electrons. The zero-order chi connectivity index (χ0) is 20.9. The summed E-state index contributed by atoms with van der Waals surface area (Å²) >= 11 is 2.92. The summed E-state index contributed by atoms with van der Waals surface area (Å²) in [6, 6.07) is 3.90. The van der Waals surface area contributed by atoms with Crippen LogP contribution in [0, 0.1) is 5.92 Å². The van der Waals surface area contributed by atoms with Crippen LogP contribution in [0.15, 0.2) is 22.7 Å². The predicted octanol–water partition coefficient (Wildman–Crippen LogP) is 6.27. The van der Waals surface area contributed by atoms with Gasteiger partial charge < -0.3 is 14.4 Å². The average Bonchev–Trinajstić information content (AvgIpc) is 2.58. The number of alkyl halides is 3. The van der Waals surface area contributed by atoms with Crippen molar-refractivity contribution >= 4 is 22.0 Å². The standard InChI is InChI=1S/C20H27BrF3NO3/c1-19(2,3)28-18(26)25-10-8-14(9-11-25)5-4-12-27-15-6-7-17(21)16(13-15)20(22,23)24/h6-7,13-14H,4-5,8-12H2,1-3H3. The molecule has 2 rings (SSSR count). The van der Waals surface area contributed by atoms with E-state index < -0.39 is 17.3 Å². The topological polar surface area (TPSA) is 38.8 Å². The molecule has 8 heteroatoms. The molecule has 0 radical (unpaired) electrons. The first-order valence-electron chi connectivity index (χ1n) is 9.43. The largest absolute Gasteiger partial charge is 0.494 e. The van der Waals surface area contributed by atoms with E-state index in [0.29, 0.717) is 25.6 Å². The first-order chi connectivity index (χ1) is 13.0. The summed E-state index contributed by atoms with van der Waals surface area (Å²) in [4.78, 5) is 13.8. The minimum absolute atomic E-state index is 0.00379. The molecule has 0 aromatic heterocycles. The van der Waals surface area contributed by atoms with Gasteiger partial charge in [0, 0.05) is 17.6 Å². The monoisotopic (exact) mass is 465 g/mol. The van der Waals surface area contributed by atoms with Crippen LogP contribution < -0.4 is 4.74 Å². The number of hydrogen-bond donors (Lipinski definition) is 0. The van der Waals surface area contributed by atoms with Gasteiger partial charge in [-0.1, -0.05) is 15.9 Å². The van der Waals surface area contributed by atoms with Crippen LogP contribution in [0.2, 0.25) is 0 Å². The number of piperidine rings is 1. The molecule has 1 amide bonds. The lowest BCUT2D eigenvalue weighted by Crippen LogP contribution is -2.41. The highest BCUT2D eigenvalue weighted by Crippen LogP contribution is 2.37. The first kappa shape index (κ1) is 22.8. The van der Waals surface area contributed by atoms with Crippen molar-refractivity contribution < 1.29 is 27.4 Å². The molecule has 1 aromatic rings. The van der Waals surface area contributed by atoms with Crippen LogP contribution in [0.3, 0.4) is 0 Å². The Morgan fingerprint density at radius 2 is 1.86 bits per heavy atom. The van der Waals surface area contributed by atoms with Crippen molar-refractivity contribution in [2.45, 2.75) is 58.2 Å². The molecule has 0 aliphatic carbocycles. The molecule has 0 atom stereocenters. The molecule has 0 spiro atoms. The van der Waals surface area contributed by atoms with Gasteiger partial charge in [0.2, 0.25) is 0 Å². The van der Waals surface area contributed by atoms with E-state index in [4.69, 9.17) is 9.47 Å². The molecule has 1 aliphatic heterocycles. The fourth-order valence-corrected chi connectivity index (χ4v) is 3.58. The van der Waals surface area contributed by atoms with Crippen molar-refractivity contribution in [3.63, 3.8) is 0 Å². The van der Waals surface area contributed by atoms with Crippen molar-refractivity contribution in [1.82, 2.24) is 4.90 Å². The number of ether oxygens (including phenoxy) is 2. The molecular formula is C20H27BrF3NO3. The third-order valence-electron chi connectivity index (χ3n) is 4.53. The second kappa shape index (κ2) is 9.37. The van der Waals surface area contributed by atoms with E-state index in [2.05, 4.69) is 15.9 Å². The van der Waals surface area contributed by atoms with Crippen LogP contribution in [-0.2, 0) is 10.9 Å². The summed E-state index contributed by atoms with van der Waals surface area (Å²) in [6.45, 7) is 7.25. The lowest BCUT2D eigenvalue weighted by atomic mass is 9.92. The summed E-state index contributed by atoms with van der Waals surface area (Å²) in [7, 11) is 0. The van der Waals surface area contributed by atoms with E-state index in [0.717, 1.165) is 31.7 Å². The summed E-state index contributed by atoms with van der Waals surface area (Å²) in [5, 5.41) is 0. The fourth-order valence-electron chi connectivity index (χ4n) is 3.10. The minimum Gasteiger partial charge on any atom is -0.494 e. The second-order valence-electron chi connectivity index (χ2n) is 8.04. The number of benzene rings is 1. The normalized spacial score (nSPS) is 16.2. The molecule has 1 aromatic carbocycles. The SMILES string of the molecule is CC(C)(C)OC(=O)N1CCC(CCCOc2ccc(Br)c(C(F)(F)F)c2)CC1. The molecule has 1 saturated heterocycles. The number of likely N-dealkylation sites (tertiary alicyclic amines) is 1. The van der Waals surface area contributed by atoms with Gasteiger partial charge in [0.25, 0.3) is 0 Å². The molecule has 28 heavy (non-hydrogen) atoms. The highest BCUT2D eigenvalue weighted by atomic mass is 79.9. The second-order valence-corrected chi connectivity index (χ2v) is 8.90. The summed E-state index contributed by atoms with van der Waals surface area (Å²) in [5.74, 6) is 0.702. The highest BCUT2D eigenvalue weighted by molar-refractivity contribution is 9.10. The number of rotatable bonds is 5. The third kappa shape index (κ3) is 7.18. The van der Waals surface area contributed by atoms with Gasteiger partial charge in [0.1, 0.15) is 11.4 Å². The Balaban J connectivity index is 1.71. The van der Waals surface area contributed by atoms with Crippen LogP contribution in [-0.4, -0.2) is 36.3 Å². The molecule has 0 saturated carbocycles. The molecule has 4 nitrogen and oxygen atoms in total. The van der Waals surface area contributed by atoms with Crippen LogP contribution in [0.4, 0.5) is 18.0 Å². The fraction of sp³-hybridized carbons (Fsp3) is 0.650. The first-order valence-corrected chi connectivity index (χ1v) is 10.2. The zero-order valence-electron chi connectivity index (χ0n) is 16.4. The predicted molar refractivity (Wildman–Crippen MR) is 104 cm³/mol. The molecule has 1 aliphatic rings.